The Balaban J connectivity index is 2.56. The number of nitrogens with two attached hydrogens (primary N) is 1. The molecular weight excluding hydrogens is 311 g/mol. The van der Waals surface area contributed by atoms with E-state index >= 15 is 0 Å². The van der Waals surface area contributed by atoms with E-state index in [1.807, 2.05) is 13.8 Å². The fourth-order valence-corrected chi connectivity index (χ4v) is 2.32. The fourth-order valence-electron chi connectivity index (χ4n) is 1.97. The number of halogens is 2. The van der Waals surface area contributed by atoms with E-state index in [1.165, 1.54) is 10.7 Å². The molecule has 6 heteroatoms. The van der Waals surface area contributed by atoms with Crippen molar-refractivity contribution < 1.29 is 4.39 Å². The van der Waals surface area contributed by atoms with E-state index in [4.69, 9.17) is 5.73 Å². The van der Waals surface area contributed by atoms with Gasteiger partial charge in [0.2, 0.25) is 0 Å². The van der Waals surface area contributed by atoms with Gasteiger partial charge in [0.15, 0.2) is 0 Å². The molecule has 1 aromatic heterocycles. The van der Waals surface area contributed by atoms with Crippen molar-refractivity contribution in [3.05, 3.63) is 39.9 Å². The van der Waals surface area contributed by atoms with Crippen LogP contribution >= 0.6 is 15.9 Å². The summed E-state index contributed by atoms with van der Waals surface area (Å²) in [6, 6.07) is 4.57. The zero-order valence-corrected chi connectivity index (χ0v) is 12.5. The molecule has 2 rings (SSSR count). The molecule has 0 bridgehead atoms. The maximum Gasteiger partial charge on any atom is 0.149 e. The smallest absolute Gasteiger partial charge is 0.149 e. The first-order valence-corrected chi connectivity index (χ1v) is 7.03. The largest absolute Gasteiger partial charge is 0.323 e. The Hall–Kier alpha value is -1.27. The average Bonchev–Trinajstić information content (AvgIpc) is 2.84. The van der Waals surface area contributed by atoms with Crippen molar-refractivity contribution in [1.29, 1.82) is 0 Å². The lowest BCUT2D eigenvalue weighted by molar-refractivity contribution is 0.602. The molecule has 2 N–H and O–H groups in total. The molecule has 0 saturated heterocycles. The van der Waals surface area contributed by atoms with Crippen molar-refractivity contribution in [2.45, 2.75) is 32.7 Å². The Kier molecular flexibility index (Phi) is 4.31. The molecule has 2 aromatic rings. The van der Waals surface area contributed by atoms with Crippen LogP contribution in [0, 0.1) is 5.82 Å². The van der Waals surface area contributed by atoms with Gasteiger partial charge in [-0.2, -0.15) is 0 Å². The lowest BCUT2D eigenvalue weighted by Gasteiger charge is -2.10. The van der Waals surface area contributed by atoms with E-state index < -0.39 is 0 Å². The minimum absolute atomic E-state index is 0.168. The number of hydrogen-bond donors (Lipinski definition) is 1. The van der Waals surface area contributed by atoms with E-state index in [1.54, 1.807) is 12.1 Å². The van der Waals surface area contributed by atoms with Crippen LogP contribution in [0.1, 0.15) is 37.7 Å². The van der Waals surface area contributed by atoms with Gasteiger partial charge in [0.25, 0.3) is 0 Å². The van der Waals surface area contributed by atoms with Crippen LogP contribution in [-0.4, -0.2) is 15.0 Å². The monoisotopic (exact) mass is 326 g/mol. The predicted molar refractivity (Wildman–Crippen MR) is 75.6 cm³/mol. The first kappa shape index (κ1) is 14.1. The maximum absolute atomic E-state index is 13.9. The van der Waals surface area contributed by atoms with E-state index in [9.17, 15) is 4.39 Å². The van der Waals surface area contributed by atoms with E-state index in [2.05, 4.69) is 26.2 Å². The molecule has 0 aliphatic carbocycles. The van der Waals surface area contributed by atoms with Crippen LogP contribution in [0.2, 0.25) is 0 Å². The van der Waals surface area contributed by atoms with Crippen LogP contribution in [0.4, 0.5) is 4.39 Å². The average molecular weight is 327 g/mol. The molecule has 0 fully saturated rings. The Morgan fingerprint density at radius 3 is 2.79 bits per heavy atom. The Morgan fingerprint density at radius 1 is 1.42 bits per heavy atom. The molecule has 0 saturated carbocycles. The molecule has 1 heterocycles. The molecule has 102 valence electrons. The van der Waals surface area contributed by atoms with Crippen molar-refractivity contribution in [3.63, 3.8) is 0 Å². The maximum atomic E-state index is 13.9. The standard InChI is InChI=1S/C13H16BrFN4/c1-3-10(16)13-11(4-2)19(18-17-13)12-7-8(14)5-6-9(12)15/h5-7,10H,3-4,16H2,1-2H3. The highest BCUT2D eigenvalue weighted by atomic mass is 79.9. The summed E-state index contributed by atoms with van der Waals surface area (Å²) >= 11 is 3.34. The topological polar surface area (TPSA) is 56.7 Å². The molecule has 0 spiro atoms. The molecule has 1 unspecified atom stereocenters. The number of hydrogen-bond acceptors (Lipinski definition) is 3. The van der Waals surface area contributed by atoms with Crippen molar-refractivity contribution in [3.8, 4) is 5.69 Å². The molecule has 19 heavy (non-hydrogen) atoms. The van der Waals surface area contributed by atoms with Crippen molar-refractivity contribution in [2.75, 3.05) is 0 Å². The molecular formula is C13H16BrFN4. The number of nitrogens with zero attached hydrogens (tertiary/aromatic N) is 3. The van der Waals surface area contributed by atoms with Crippen molar-refractivity contribution in [2.24, 2.45) is 5.73 Å². The highest BCUT2D eigenvalue weighted by molar-refractivity contribution is 9.10. The number of aromatic nitrogens is 3. The summed E-state index contributed by atoms with van der Waals surface area (Å²) in [6.45, 7) is 3.97. The van der Waals surface area contributed by atoms with Crippen LogP contribution in [0.3, 0.4) is 0 Å². The lowest BCUT2D eigenvalue weighted by atomic mass is 10.1. The van der Waals surface area contributed by atoms with Crippen LogP contribution in [0.5, 0.6) is 0 Å². The molecule has 0 radical (unpaired) electrons. The summed E-state index contributed by atoms with van der Waals surface area (Å²) in [4.78, 5) is 0. The molecule has 1 aromatic carbocycles. The fraction of sp³-hybridized carbons (Fsp3) is 0.385. The van der Waals surface area contributed by atoms with Crippen molar-refractivity contribution >= 4 is 15.9 Å². The second-order valence-electron chi connectivity index (χ2n) is 4.30. The minimum Gasteiger partial charge on any atom is -0.323 e. The number of benzene rings is 1. The minimum atomic E-state index is -0.334. The highest BCUT2D eigenvalue weighted by Gasteiger charge is 2.19. The summed E-state index contributed by atoms with van der Waals surface area (Å²) < 4.78 is 16.3. The predicted octanol–water partition coefficient (Wildman–Crippen LogP) is 3.14. The molecule has 0 aliphatic heterocycles. The molecule has 1 atom stereocenters. The van der Waals surface area contributed by atoms with Crippen LogP contribution in [0.15, 0.2) is 22.7 Å². The molecule has 0 aliphatic rings. The Labute approximate surface area is 119 Å². The zero-order valence-electron chi connectivity index (χ0n) is 10.9. The van der Waals surface area contributed by atoms with Gasteiger partial charge >= 0.3 is 0 Å². The van der Waals surface area contributed by atoms with E-state index in [0.29, 0.717) is 12.1 Å². The van der Waals surface area contributed by atoms with Gasteiger partial charge in [-0.25, -0.2) is 9.07 Å². The van der Waals surface area contributed by atoms with Gasteiger partial charge in [-0.15, -0.1) is 5.10 Å². The second kappa shape index (κ2) is 5.79. The van der Waals surface area contributed by atoms with Gasteiger partial charge in [0.05, 0.1) is 11.7 Å². The van der Waals surface area contributed by atoms with E-state index in [-0.39, 0.29) is 11.9 Å². The summed E-state index contributed by atoms with van der Waals surface area (Å²) in [5.41, 5.74) is 7.99. The quantitative estimate of drug-likeness (QED) is 0.938. The molecule has 4 nitrogen and oxygen atoms in total. The Bertz CT molecular complexity index is 582. The van der Waals surface area contributed by atoms with Crippen LogP contribution in [0.25, 0.3) is 5.69 Å². The van der Waals surface area contributed by atoms with Crippen molar-refractivity contribution in [1.82, 2.24) is 15.0 Å². The summed E-state index contributed by atoms with van der Waals surface area (Å²) in [6.07, 6.45) is 1.47. The van der Waals surface area contributed by atoms with E-state index in [0.717, 1.165) is 22.3 Å². The van der Waals surface area contributed by atoms with Gasteiger partial charge in [0.1, 0.15) is 17.2 Å². The highest BCUT2D eigenvalue weighted by Crippen LogP contribution is 2.23. The normalized spacial score (nSPS) is 12.7. The summed E-state index contributed by atoms with van der Waals surface area (Å²) in [5.74, 6) is -0.334. The first-order valence-electron chi connectivity index (χ1n) is 6.23. The SMILES string of the molecule is CCc1c(C(N)CC)nnn1-c1cc(Br)ccc1F. The zero-order chi connectivity index (χ0) is 14.0. The lowest BCUT2D eigenvalue weighted by Crippen LogP contribution is -2.12. The van der Waals surface area contributed by atoms with Gasteiger partial charge in [0, 0.05) is 4.47 Å². The van der Waals surface area contributed by atoms with Gasteiger partial charge in [-0.05, 0) is 31.0 Å². The Morgan fingerprint density at radius 2 is 2.16 bits per heavy atom. The first-order chi connectivity index (χ1) is 9.08. The summed E-state index contributed by atoms with van der Waals surface area (Å²) in [5, 5.41) is 8.16. The van der Waals surface area contributed by atoms with Gasteiger partial charge < -0.3 is 5.73 Å². The molecule has 0 amide bonds. The number of rotatable bonds is 4. The van der Waals surface area contributed by atoms with Crippen LogP contribution < -0.4 is 5.73 Å². The van der Waals surface area contributed by atoms with Crippen LogP contribution in [-0.2, 0) is 6.42 Å². The second-order valence-corrected chi connectivity index (χ2v) is 5.21. The van der Waals surface area contributed by atoms with Gasteiger partial charge in [-0.1, -0.05) is 35.0 Å². The third-order valence-corrected chi connectivity index (χ3v) is 3.55. The summed E-state index contributed by atoms with van der Waals surface area (Å²) in [7, 11) is 0. The third kappa shape index (κ3) is 2.69. The third-order valence-electron chi connectivity index (χ3n) is 3.06. The van der Waals surface area contributed by atoms with Gasteiger partial charge in [-0.3, -0.25) is 0 Å².